The van der Waals surface area contributed by atoms with Crippen molar-refractivity contribution in [1.29, 1.82) is 0 Å². The fourth-order valence-electron chi connectivity index (χ4n) is 22.1. The van der Waals surface area contributed by atoms with E-state index in [0.717, 1.165) is 54.0 Å². The molecule has 0 bridgehead atoms. The number of ether oxygens (including phenoxy) is 3. The van der Waals surface area contributed by atoms with E-state index in [-0.39, 0.29) is 15.6 Å². The average molecular weight is 1820 g/mol. The average Bonchev–Trinajstić information content (AvgIpc) is 1.26. The quantitative estimate of drug-likeness (QED) is 0.174. The van der Waals surface area contributed by atoms with Crippen LogP contribution in [0.1, 0.15) is 149 Å². The second kappa shape index (κ2) is 34.0. The fourth-order valence-corrected chi connectivity index (χ4v) is 26.1. The van der Waals surface area contributed by atoms with Crippen molar-refractivity contribution in [3.05, 3.63) is 410 Å². The lowest BCUT2D eigenvalue weighted by atomic mass is 9.75. The molecule has 0 N–H and O–H groups in total. The monoisotopic (exact) mass is 1810 g/mol. The Morgan fingerprint density at radius 1 is 0.279 bits per heavy atom. The van der Waals surface area contributed by atoms with Gasteiger partial charge in [-0.2, -0.15) is 0 Å². The summed E-state index contributed by atoms with van der Waals surface area (Å²) in [5.74, 6) is 2.43. The van der Waals surface area contributed by atoms with Crippen LogP contribution in [0.4, 0.5) is 0 Å². The number of para-hydroxylation sites is 1. The van der Waals surface area contributed by atoms with E-state index in [0.29, 0.717) is 11.5 Å². The SMILES string of the molecule is CC(C)(C)c1cc2c(cc1-c1cccc3c1Sc1ccccc1C(C)(C)O3)-c1ccccc1-c1ccccc1-c1ccccc1-2.CC(C)(C)c1cc2c(cc1-c1nccc3c1Oc1ccccc1C(C)(C)O3)-c1ccccc1-c1ccccc1-c1ccccc1-2.[2H]C1(c2cc3c(cc2-c2cccc4c2Sc2ccccc2C(C)(C)S4)-c2ccccc2-c2ccccc2-c2ccccc2-3)CCCC1. The molecule has 0 amide bonds. The van der Waals surface area contributed by atoms with Gasteiger partial charge in [0.1, 0.15) is 28.4 Å². The lowest BCUT2D eigenvalue weighted by molar-refractivity contribution is 0.103. The number of aromatic nitrogens is 1. The summed E-state index contributed by atoms with van der Waals surface area (Å²) in [6.45, 7) is 27.0. The zero-order valence-electron chi connectivity index (χ0n) is 80.0. The minimum Gasteiger partial charge on any atom is -0.482 e. The van der Waals surface area contributed by atoms with Crippen molar-refractivity contribution in [2.45, 2.75) is 166 Å². The third-order valence-electron chi connectivity index (χ3n) is 28.5. The number of rotatable bonds is 4. The van der Waals surface area contributed by atoms with Gasteiger partial charge in [-0.05, 0) is 316 Å². The first-order valence-electron chi connectivity index (χ1n) is 48.4. The van der Waals surface area contributed by atoms with E-state index in [1.54, 1.807) is 0 Å². The van der Waals surface area contributed by atoms with Crippen molar-refractivity contribution in [2.75, 3.05) is 0 Å². The van der Waals surface area contributed by atoms with Crippen molar-refractivity contribution >= 4 is 35.3 Å². The van der Waals surface area contributed by atoms with E-state index >= 15 is 0 Å². The van der Waals surface area contributed by atoms with Crippen LogP contribution in [-0.4, -0.2) is 4.98 Å². The van der Waals surface area contributed by atoms with E-state index in [1.807, 2.05) is 65.7 Å². The number of pyridine rings is 1. The van der Waals surface area contributed by atoms with Crippen LogP contribution in [0.15, 0.2) is 401 Å². The smallest absolute Gasteiger partial charge is 0.195 e. The van der Waals surface area contributed by atoms with Crippen molar-refractivity contribution in [3.63, 3.8) is 0 Å². The number of thioether (sulfide) groups is 1. The summed E-state index contributed by atoms with van der Waals surface area (Å²) in [7, 11) is 0. The van der Waals surface area contributed by atoms with Gasteiger partial charge in [0, 0.05) is 54.7 Å². The molecule has 25 rings (SSSR count). The van der Waals surface area contributed by atoms with Gasteiger partial charge in [-0.1, -0.05) is 375 Å². The van der Waals surface area contributed by atoms with Gasteiger partial charge < -0.3 is 14.2 Å². The molecule has 0 saturated heterocycles. The number of hydrogen-bond acceptors (Lipinski definition) is 7. The van der Waals surface area contributed by atoms with Gasteiger partial charge in [-0.25, -0.2) is 0 Å². The van der Waals surface area contributed by atoms with Crippen LogP contribution in [0.5, 0.6) is 23.0 Å². The summed E-state index contributed by atoms with van der Waals surface area (Å²) in [5, 5.41) is 0. The minimum atomic E-state index is -0.623. The predicted molar refractivity (Wildman–Crippen MR) is 572 cm³/mol. The maximum atomic E-state index is 10.0. The Kier molecular flexibility index (Phi) is 21.3. The molecule has 664 valence electrons. The van der Waals surface area contributed by atoms with Gasteiger partial charge in [-0.15, -0.1) is 11.8 Å². The standard InChI is InChI=1S/C44H36S2.C43H36OS.C42H35NO2/c1-44(2)40-23-11-12-24-41(40)45-43-35(22-13-25-42(43)46-44)39-27-38-34-21-10-8-19-32(34)30-17-6-5-16-29(30)31-18-7-9-20-33(31)37(38)26-36(39)28-14-3-4-15-28;1-42(2,3)38-26-35-32-20-11-9-18-30(32)28-16-7-6-15-27(28)29-17-8-10-19-31(29)34(35)25-36(38)33-21-14-23-39-41(33)45-40-24-13-12-22-37(40)43(4,5)44-39;1-41(2,3)36-25-33-31-19-11-9-17-29(31)27-15-7-6-14-26(27)28-16-8-10-18-30(28)32(33)24-34(36)39-40-38(22-23-43-39)45-42(4,5)35-20-12-13-21-37(35)44-40/h5-13,16-28H,3-4,14-15H2,1-2H3;6-26H,1-5H3;6-25H,1-5H3/i28D;;. The van der Waals surface area contributed by atoms with Crippen LogP contribution >= 0.6 is 35.3 Å². The molecule has 136 heavy (non-hydrogen) atoms. The van der Waals surface area contributed by atoms with Gasteiger partial charge >= 0.3 is 0 Å². The van der Waals surface area contributed by atoms with Crippen LogP contribution in [0, 0.1) is 0 Å². The Hall–Kier alpha value is -13.7. The lowest BCUT2D eigenvalue weighted by Gasteiger charge is -2.30. The van der Waals surface area contributed by atoms with Crippen LogP contribution in [0.3, 0.4) is 0 Å². The Morgan fingerprint density at radius 2 is 0.588 bits per heavy atom. The summed E-state index contributed by atoms with van der Waals surface area (Å²) < 4.78 is 30.2. The largest absolute Gasteiger partial charge is 0.482 e. The molecule has 0 radical (unpaired) electrons. The van der Waals surface area contributed by atoms with E-state index in [2.05, 4.69) is 429 Å². The minimum absolute atomic E-state index is 0.0551. The van der Waals surface area contributed by atoms with Crippen molar-refractivity contribution in [3.8, 4) is 190 Å². The first-order valence-corrected chi connectivity index (χ1v) is 50.3. The lowest BCUT2D eigenvalue weighted by Crippen LogP contribution is -2.25. The normalized spacial score (nSPS) is 15.1. The highest BCUT2D eigenvalue weighted by Crippen LogP contribution is 2.62. The molecule has 1 saturated carbocycles. The molecule has 7 heteroatoms. The first-order chi connectivity index (χ1) is 66.3. The van der Waals surface area contributed by atoms with E-state index in [9.17, 15) is 1.37 Å². The molecule has 18 aromatic rings. The Balaban J connectivity index is 0.000000115. The molecule has 7 aliphatic rings. The third kappa shape index (κ3) is 15.2. The number of fused-ring (bicyclic) bond motifs is 30. The number of nitrogens with zero attached hydrogens (tertiary/aromatic N) is 1. The van der Waals surface area contributed by atoms with Gasteiger partial charge in [0.05, 0.1) is 4.90 Å². The van der Waals surface area contributed by atoms with E-state index < -0.39 is 17.1 Å². The molecule has 4 nitrogen and oxygen atoms in total. The van der Waals surface area contributed by atoms with Crippen molar-refractivity contribution < 1.29 is 15.6 Å². The highest BCUT2D eigenvalue weighted by Gasteiger charge is 2.40. The van der Waals surface area contributed by atoms with Crippen LogP contribution in [0.2, 0.25) is 0 Å². The second-order valence-corrected chi connectivity index (χ2v) is 44.2. The summed E-state index contributed by atoms with van der Waals surface area (Å²) >= 11 is 5.70. The van der Waals surface area contributed by atoms with Gasteiger partial charge in [0.2, 0.25) is 0 Å². The van der Waals surface area contributed by atoms with Gasteiger partial charge in [0.25, 0.3) is 0 Å². The molecular formula is C129H107NO3S3. The van der Waals surface area contributed by atoms with Gasteiger partial charge in [0.15, 0.2) is 11.5 Å². The molecule has 1 fully saturated rings. The molecule has 4 heterocycles. The first kappa shape index (κ1) is 85.3. The Labute approximate surface area is 815 Å². The van der Waals surface area contributed by atoms with E-state index in [1.165, 1.54) is 208 Å². The summed E-state index contributed by atoms with van der Waals surface area (Å²) in [4.78, 5) is 11.4. The molecular weight excluding hydrogens is 1710 g/mol. The molecule has 4 aliphatic carbocycles. The van der Waals surface area contributed by atoms with Crippen LogP contribution < -0.4 is 14.2 Å². The van der Waals surface area contributed by atoms with Crippen molar-refractivity contribution in [1.82, 2.24) is 4.98 Å². The highest BCUT2D eigenvalue weighted by atomic mass is 32.2. The second-order valence-electron chi connectivity index (χ2n) is 40.4. The van der Waals surface area contributed by atoms with Crippen LogP contribution in [0.25, 0.3) is 167 Å². The Bertz CT molecular complexity index is 7640. The van der Waals surface area contributed by atoms with Gasteiger partial charge in [-0.3, -0.25) is 4.98 Å². The molecule has 0 unspecified atom stereocenters. The maximum Gasteiger partial charge on any atom is 0.195 e. The third-order valence-corrected chi connectivity index (χ3v) is 32.3. The Morgan fingerprint density at radius 3 is 1.04 bits per heavy atom. The zero-order valence-corrected chi connectivity index (χ0v) is 81.5. The molecule has 0 atom stereocenters. The number of hydrogen-bond donors (Lipinski definition) is 0. The number of benzene rings is 17. The topological polar surface area (TPSA) is 40.6 Å². The fraction of sp³-hybridized carbons (Fsp3) is 0.171. The summed E-state index contributed by atoms with van der Waals surface area (Å²) in [6, 6.07) is 135. The molecule has 1 aromatic heterocycles. The molecule has 0 spiro atoms. The molecule has 3 aliphatic heterocycles. The summed E-state index contributed by atoms with van der Waals surface area (Å²) in [6.07, 6.45) is 5.84. The molecule has 17 aromatic carbocycles. The summed E-state index contributed by atoms with van der Waals surface area (Å²) in [5.41, 5.74) is 42.6. The van der Waals surface area contributed by atoms with Crippen molar-refractivity contribution in [2.24, 2.45) is 0 Å². The highest BCUT2D eigenvalue weighted by molar-refractivity contribution is 8.03. The maximum absolute atomic E-state index is 10.0. The zero-order chi connectivity index (χ0) is 93.6. The van der Waals surface area contributed by atoms with E-state index in [4.69, 9.17) is 19.2 Å². The predicted octanol–water partition coefficient (Wildman–Crippen LogP) is 37.3. The van der Waals surface area contributed by atoms with Crippen LogP contribution in [-0.2, 0) is 26.8 Å².